The summed E-state index contributed by atoms with van der Waals surface area (Å²) >= 11 is 0. The van der Waals surface area contributed by atoms with Crippen LogP contribution in [0.4, 0.5) is 0 Å². The quantitative estimate of drug-likeness (QED) is 0.805. The van der Waals surface area contributed by atoms with Crippen molar-refractivity contribution in [2.45, 2.75) is 6.42 Å². The molecule has 0 atom stereocenters. The maximum Gasteiger partial charge on any atom is 0.255 e. The average molecular weight is 249 g/mol. The van der Waals surface area contributed by atoms with E-state index in [1.165, 1.54) is 23.4 Å². The first-order valence-corrected chi connectivity index (χ1v) is 5.48. The lowest BCUT2D eigenvalue weighted by atomic mass is 10.2. The van der Waals surface area contributed by atoms with Crippen molar-refractivity contribution < 1.29 is 14.6 Å². The summed E-state index contributed by atoms with van der Waals surface area (Å²) in [6.45, 7) is 1.12. The second-order valence-corrected chi connectivity index (χ2v) is 3.62. The number of carbonyl (C=O) groups is 1. The summed E-state index contributed by atoms with van der Waals surface area (Å²) in [6.07, 6.45) is 2.89. The fourth-order valence-electron chi connectivity index (χ4n) is 1.43. The highest BCUT2D eigenvalue weighted by molar-refractivity contribution is 5.94. The van der Waals surface area contributed by atoms with Crippen molar-refractivity contribution in [1.82, 2.24) is 9.88 Å². The van der Waals surface area contributed by atoms with Crippen LogP contribution in [0.1, 0.15) is 16.8 Å². The summed E-state index contributed by atoms with van der Waals surface area (Å²) in [4.78, 5) is 17.4. The third kappa shape index (κ3) is 4.03. The molecule has 0 radical (unpaired) electrons. The van der Waals surface area contributed by atoms with Crippen LogP contribution in [0.5, 0.6) is 5.75 Å². The summed E-state index contributed by atoms with van der Waals surface area (Å²) in [5, 5.41) is 17.9. The third-order valence-corrected chi connectivity index (χ3v) is 2.32. The van der Waals surface area contributed by atoms with Crippen molar-refractivity contribution in [3.63, 3.8) is 0 Å². The van der Waals surface area contributed by atoms with Crippen molar-refractivity contribution in [3.05, 3.63) is 24.0 Å². The van der Waals surface area contributed by atoms with E-state index in [0.29, 0.717) is 25.3 Å². The molecule has 0 saturated heterocycles. The molecule has 0 fully saturated rings. The van der Waals surface area contributed by atoms with Crippen LogP contribution >= 0.6 is 0 Å². The molecule has 0 saturated carbocycles. The molecule has 1 aromatic heterocycles. The number of ether oxygens (including phenoxy) is 1. The number of nitrogens with zero attached hydrogens (tertiary/aromatic N) is 3. The van der Waals surface area contributed by atoms with E-state index in [4.69, 9.17) is 10.00 Å². The lowest BCUT2D eigenvalue weighted by molar-refractivity contribution is 0.0699. The van der Waals surface area contributed by atoms with E-state index >= 15 is 0 Å². The lowest BCUT2D eigenvalue weighted by Crippen LogP contribution is -2.34. The zero-order valence-corrected chi connectivity index (χ0v) is 10.2. The average Bonchev–Trinajstić information content (AvgIpc) is 2.38. The number of rotatable bonds is 6. The predicted molar refractivity (Wildman–Crippen MR) is 63.9 cm³/mol. The first-order chi connectivity index (χ1) is 8.69. The Morgan fingerprint density at radius 2 is 2.33 bits per heavy atom. The smallest absolute Gasteiger partial charge is 0.255 e. The number of hydrogen-bond acceptors (Lipinski definition) is 5. The fourth-order valence-corrected chi connectivity index (χ4v) is 1.43. The molecular weight excluding hydrogens is 234 g/mol. The van der Waals surface area contributed by atoms with E-state index in [-0.39, 0.29) is 18.1 Å². The van der Waals surface area contributed by atoms with Gasteiger partial charge in [-0.05, 0) is 6.07 Å². The topological polar surface area (TPSA) is 86.5 Å². The van der Waals surface area contributed by atoms with Gasteiger partial charge in [0, 0.05) is 26.4 Å². The van der Waals surface area contributed by atoms with E-state index in [1.54, 1.807) is 7.11 Å². The normalized spacial score (nSPS) is 9.78. The standard InChI is InChI=1S/C12H15N3O3/c1-18-6-5-15(4-2-3-13)12(17)10-7-11(16)9-14-8-10/h7-9,16H,2,4-6H2,1H3. The molecule has 0 aliphatic rings. The molecule has 0 spiro atoms. The Labute approximate surface area is 105 Å². The number of hydrogen-bond donors (Lipinski definition) is 1. The van der Waals surface area contributed by atoms with Gasteiger partial charge in [0.25, 0.3) is 5.91 Å². The van der Waals surface area contributed by atoms with Crippen LogP contribution in [-0.4, -0.2) is 47.7 Å². The van der Waals surface area contributed by atoms with Gasteiger partial charge in [-0.3, -0.25) is 9.78 Å². The highest BCUT2D eigenvalue weighted by Crippen LogP contribution is 2.11. The van der Waals surface area contributed by atoms with Crippen molar-refractivity contribution in [2.24, 2.45) is 0 Å². The Balaban J connectivity index is 2.77. The summed E-state index contributed by atoms with van der Waals surface area (Å²) in [6, 6.07) is 3.34. The second-order valence-electron chi connectivity index (χ2n) is 3.62. The third-order valence-electron chi connectivity index (χ3n) is 2.32. The Morgan fingerprint density at radius 1 is 1.56 bits per heavy atom. The van der Waals surface area contributed by atoms with Crippen molar-refractivity contribution in [2.75, 3.05) is 26.8 Å². The van der Waals surface area contributed by atoms with Crippen molar-refractivity contribution in [3.8, 4) is 11.8 Å². The summed E-state index contributed by atoms with van der Waals surface area (Å²) in [7, 11) is 1.54. The SMILES string of the molecule is COCCN(CCC#N)C(=O)c1cncc(O)c1. The van der Waals surface area contributed by atoms with Gasteiger partial charge >= 0.3 is 0 Å². The lowest BCUT2D eigenvalue weighted by Gasteiger charge is -2.21. The van der Waals surface area contributed by atoms with Gasteiger partial charge in [0.1, 0.15) is 5.75 Å². The van der Waals surface area contributed by atoms with Crippen molar-refractivity contribution >= 4 is 5.91 Å². The van der Waals surface area contributed by atoms with E-state index in [2.05, 4.69) is 4.98 Å². The first-order valence-electron chi connectivity index (χ1n) is 5.48. The molecule has 1 rings (SSSR count). The van der Waals surface area contributed by atoms with E-state index < -0.39 is 0 Å². The minimum Gasteiger partial charge on any atom is -0.506 e. The Bertz CT molecular complexity index is 442. The maximum absolute atomic E-state index is 12.1. The summed E-state index contributed by atoms with van der Waals surface area (Å²) < 4.78 is 4.92. The zero-order chi connectivity index (χ0) is 13.4. The van der Waals surface area contributed by atoms with Gasteiger partial charge in [-0.15, -0.1) is 0 Å². The molecule has 0 bridgehead atoms. The van der Waals surface area contributed by atoms with Gasteiger partial charge in [-0.25, -0.2) is 0 Å². The van der Waals surface area contributed by atoms with Gasteiger partial charge < -0.3 is 14.7 Å². The van der Waals surface area contributed by atoms with Crippen LogP contribution in [0.2, 0.25) is 0 Å². The predicted octanol–water partition coefficient (Wildman–Crippen LogP) is 0.789. The van der Waals surface area contributed by atoms with Gasteiger partial charge in [0.15, 0.2) is 0 Å². The highest BCUT2D eigenvalue weighted by atomic mass is 16.5. The summed E-state index contributed by atoms with van der Waals surface area (Å²) in [5.41, 5.74) is 0.295. The van der Waals surface area contributed by atoms with E-state index in [0.717, 1.165) is 0 Å². The minimum atomic E-state index is -0.272. The number of methoxy groups -OCH3 is 1. The zero-order valence-electron chi connectivity index (χ0n) is 10.2. The number of pyridine rings is 1. The van der Waals surface area contributed by atoms with Crippen LogP contribution in [0, 0.1) is 11.3 Å². The number of nitriles is 1. The van der Waals surface area contributed by atoms with Gasteiger partial charge in [0.2, 0.25) is 0 Å². The molecule has 1 amide bonds. The minimum absolute atomic E-state index is 0.0622. The number of aromatic nitrogens is 1. The van der Waals surface area contributed by atoms with Crippen molar-refractivity contribution in [1.29, 1.82) is 5.26 Å². The molecule has 18 heavy (non-hydrogen) atoms. The fraction of sp³-hybridized carbons (Fsp3) is 0.417. The van der Waals surface area contributed by atoms with Gasteiger partial charge in [-0.2, -0.15) is 5.26 Å². The van der Waals surface area contributed by atoms with Gasteiger partial charge in [0.05, 0.1) is 30.9 Å². The van der Waals surface area contributed by atoms with E-state index in [1.807, 2.05) is 6.07 Å². The molecule has 1 N–H and O–H groups in total. The van der Waals surface area contributed by atoms with Crippen LogP contribution in [0.3, 0.4) is 0 Å². The number of amides is 1. The number of aromatic hydroxyl groups is 1. The molecule has 1 aromatic rings. The largest absolute Gasteiger partial charge is 0.506 e. The van der Waals surface area contributed by atoms with Crippen LogP contribution in [0.25, 0.3) is 0 Å². The number of carbonyl (C=O) groups excluding carboxylic acids is 1. The summed E-state index contributed by atoms with van der Waals surface area (Å²) in [5.74, 6) is -0.335. The van der Waals surface area contributed by atoms with Crippen LogP contribution in [0.15, 0.2) is 18.5 Å². The molecule has 6 nitrogen and oxygen atoms in total. The molecule has 96 valence electrons. The molecule has 0 aliphatic heterocycles. The molecule has 0 unspecified atom stereocenters. The Hall–Kier alpha value is -2.13. The molecule has 1 heterocycles. The molecule has 0 aliphatic carbocycles. The molecular formula is C12H15N3O3. The molecule has 0 aromatic carbocycles. The van der Waals surface area contributed by atoms with Crippen LogP contribution < -0.4 is 0 Å². The highest BCUT2D eigenvalue weighted by Gasteiger charge is 2.15. The monoisotopic (exact) mass is 249 g/mol. The second kappa shape index (κ2) is 7.25. The first kappa shape index (κ1) is 13.9. The van der Waals surface area contributed by atoms with Gasteiger partial charge in [-0.1, -0.05) is 0 Å². The Morgan fingerprint density at radius 3 is 2.94 bits per heavy atom. The maximum atomic E-state index is 12.1. The van der Waals surface area contributed by atoms with E-state index in [9.17, 15) is 9.90 Å². The Kier molecular flexibility index (Phi) is 5.61. The van der Waals surface area contributed by atoms with Crippen LogP contribution in [-0.2, 0) is 4.74 Å². The molecule has 6 heteroatoms.